The molecule has 0 rings (SSSR count). The second-order valence-electron chi connectivity index (χ2n) is 5.72. The van der Waals surface area contributed by atoms with Crippen molar-refractivity contribution in [3.05, 3.63) is 0 Å². The Morgan fingerprint density at radius 3 is 1.94 bits per heavy atom. The molecule has 2 N–H and O–H groups in total. The van der Waals surface area contributed by atoms with Gasteiger partial charge in [-0.25, -0.2) is 0 Å². The number of carbonyl (C=O) groups is 1. The van der Waals surface area contributed by atoms with Gasteiger partial charge < -0.3 is 15.0 Å². The third-order valence-corrected chi connectivity index (χ3v) is 2.75. The highest BCUT2D eigenvalue weighted by Crippen LogP contribution is 2.23. The molecule has 0 saturated carbocycles. The Hall–Kier alpha value is -0.410. The van der Waals surface area contributed by atoms with Crippen molar-refractivity contribution >= 4 is 5.78 Å². The van der Waals surface area contributed by atoms with Gasteiger partial charge in [-0.15, -0.1) is 0 Å². The summed E-state index contributed by atoms with van der Waals surface area (Å²) in [5.74, 6) is 0.173. The third kappa shape index (κ3) is 10.1. The van der Waals surface area contributed by atoms with E-state index in [4.69, 9.17) is 0 Å². The average molecular weight is 230 g/mol. The van der Waals surface area contributed by atoms with E-state index in [1.807, 2.05) is 0 Å². The van der Waals surface area contributed by atoms with Crippen LogP contribution < -0.4 is 0 Å². The third-order valence-electron chi connectivity index (χ3n) is 2.75. The first kappa shape index (κ1) is 15.6. The van der Waals surface area contributed by atoms with Crippen molar-refractivity contribution in [2.75, 3.05) is 0 Å². The van der Waals surface area contributed by atoms with E-state index in [1.165, 1.54) is 0 Å². The van der Waals surface area contributed by atoms with Crippen LogP contribution >= 0.6 is 0 Å². The van der Waals surface area contributed by atoms with E-state index in [1.54, 1.807) is 27.7 Å². The number of hydrogen-bond acceptors (Lipinski definition) is 3. The molecule has 16 heavy (non-hydrogen) atoms. The molecule has 1 atom stereocenters. The molecule has 0 aliphatic rings. The number of Topliss-reactive ketones (excluding diaryl/α,β-unsaturated/α-hetero) is 1. The maximum absolute atomic E-state index is 10.8. The monoisotopic (exact) mass is 230 g/mol. The Bertz CT molecular complexity index is 214. The van der Waals surface area contributed by atoms with Crippen molar-refractivity contribution in [2.45, 2.75) is 77.4 Å². The van der Waals surface area contributed by atoms with Crippen LogP contribution in [0.2, 0.25) is 0 Å². The first-order valence-corrected chi connectivity index (χ1v) is 6.07. The van der Waals surface area contributed by atoms with Gasteiger partial charge in [0.05, 0.1) is 11.2 Å². The predicted octanol–water partition coefficient (Wildman–Crippen LogP) is 2.44. The smallest absolute Gasteiger partial charge is 0.129 e. The summed E-state index contributed by atoms with van der Waals surface area (Å²) >= 11 is 0. The zero-order valence-electron chi connectivity index (χ0n) is 11.0. The summed E-state index contributed by atoms with van der Waals surface area (Å²) < 4.78 is 0. The molecule has 0 spiro atoms. The van der Waals surface area contributed by atoms with Gasteiger partial charge in [-0.3, -0.25) is 0 Å². The molecule has 0 radical (unpaired) electrons. The van der Waals surface area contributed by atoms with E-state index in [0.29, 0.717) is 25.7 Å². The summed E-state index contributed by atoms with van der Waals surface area (Å²) in [6.07, 6.45) is 4.10. The molecule has 3 heteroatoms. The Morgan fingerprint density at radius 2 is 1.50 bits per heavy atom. The van der Waals surface area contributed by atoms with Crippen LogP contribution in [0.25, 0.3) is 0 Å². The fourth-order valence-electron chi connectivity index (χ4n) is 1.74. The number of ketones is 1. The Morgan fingerprint density at radius 1 is 1.00 bits per heavy atom. The number of rotatable bonds is 8. The van der Waals surface area contributed by atoms with Crippen molar-refractivity contribution < 1.29 is 15.0 Å². The number of carbonyl (C=O) groups excluding carboxylic acids is 1. The lowest BCUT2D eigenvalue weighted by Gasteiger charge is -2.25. The quantitative estimate of drug-likeness (QED) is 0.673. The summed E-state index contributed by atoms with van der Waals surface area (Å²) in [6.45, 7) is 6.93. The second kappa shape index (κ2) is 6.36. The molecular formula is C13H26O3. The molecule has 1 unspecified atom stereocenters. The molecule has 0 aliphatic heterocycles. The van der Waals surface area contributed by atoms with E-state index >= 15 is 0 Å². The maximum atomic E-state index is 10.8. The lowest BCUT2D eigenvalue weighted by Crippen LogP contribution is -2.26. The maximum Gasteiger partial charge on any atom is 0.129 e. The summed E-state index contributed by atoms with van der Waals surface area (Å²) in [6, 6.07) is 0. The van der Waals surface area contributed by atoms with Crippen LogP contribution in [-0.2, 0) is 4.79 Å². The van der Waals surface area contributed by atoms with Gasteiger partial charge in [0.1, 0.15) is 5.78 Å². The SMILES string of the molecule is CC(=O)CCCC(C)(O)CCCC(C)(C)O. The van der Waals surface area contributed by atoms with Gasteiger partial charge in [0.25, 0.3) is 0 Å². The first-order chi connectivity index (χ1) is 7.12. The molecule has 0 saturated heterocycles. The van der Waals surface area contributed by atoms with Crippen molar-refractivity contribution in [3.8, 4) is 0 Å². The van der Waals surface area contributed by atoms with E-state index in [9.17, 15) is 15.0 Å². The van der Waals surface area contributed by atoms with Crippen LogP contribution in [0.4, 0.5) is 0 Å². The van der Waals surface area contributed by atoms with Crippen molar-refractivity contribution in [1.29, 1.82) is 0 Å². The van der Waals surface area contributed by atoms with Crippen LogP contribution in [0.5, 0.6) is 0 Å². The van der Waals surface area contributed by atoms with Crippen molar-refractivity contribution in [3.63, 3.8) is 0 Å². The van der Waals surface area contributed by atoms with Gasteiger partial charge in [0.15, 0.2) is 0 Å². The predicted molar refractivity (Wildman–Crippen MR) is 65.3 cm³/mol. The van der Waals surface area contributed by atoms with E-state index in [-0.39, 0.29) is 5.78 Å². The van der Waals surface area contributed by atoms with Gasteiger partial charge in [-0.2, -0.15) is 0 Å². The highest BCUT2D eigenvalue weighted by molar-refractivity contribution is 5.75. The summed E-state index contributed by atoms with van der Waals surface area (Å²) in [5, 5.41) is 19.6. The van der Waals surface area contributed by atoms with Crippen LogP contribution in [0.1, 0.15) is 66.2 Å². The topological polar surface area (TPSA) is 57.5 Å². The van der Waals surface area contributed by atoms with E-state index in [0.717, 1.165) is 12.8 Å². The molecule has 96 valence electrons. The van der Waals surface area contributed by atoms with Gasteiger partial charge in [-0.1, -0.05) is 0 Å². The normalized spacial score (nSPS) is 15.9. The number of hydrogen-bond donors (Lipinski definition) is 2. The minimum Gasteiger partial charge on any atom is -0.390 e. The molecule has 0 amide bonds. The van der Waals surface area contributed by atoms with Crippen LogP contribution in [-0.4, -0.2) is 27.2 Å². The molecule has 0 aromatic carbocycles. The van der Waals surface area contributed by atoms with Gasteiger partial charge >= 0.3 is 0 Å². The van der Waals surface area contributed by atoms with E-state index < -0.39 is 11.2 Å². The van der Waals surface area contributed by atoms with Gasteiger partial charge in [-0.05, 0) is 59.8 Å². The fourth-order valence-corrected chi connectivity index (χ4v) is 1.74. The Balaban J connectivity index is 3.74. The van der Waals surface area contributed by atoms with Crippen LogP contribution in [0, 0.1) is 0 Å². The summed E-state index contributed by atoms with van der Waals surface area (Å²) in [5.41, 5.74) is -1.36. The standard InChI is InChI=1S/C13H26O3/c1-11(14)7-5-9-13(4,16)10-6-8-12(2,3)15/h15-16H,5-10H2,1-4H3. The highest BCUT2D eigenvalue weighted by Gasteiger charge is 2.21. The van der Waals surface area contributed by atoms with Gasteiger partial charge in [0.2, 0.25) is 0 Å². The van der Waals surface area contributed by atoms with Crippen LogP contribution in [0.15, 0.2) is 0 Å². The summed E-state index contributed by atoms with van der Waals surface area (Å²) in [4.78, 5) is 10.8. The minimum atomic E-state index is -0.708. The molecule has 0 aliphatic carbocycles. The molecule has 0 aromatic heterocycles. The number of aliphatic hydroxyl groups is 2. The summed E-state index contributed by atoms with van der Waals surface area (Å²) in [7, 11) is 0. The molecule has 0 bridgehead atoms. The Labute approximate surface area is 98.9 Å². The minimum absolute atomic E-state index is 0.173. The highest BCUT2D eigenvalue weighted by atomic mass is 16.3. The second-order valence-corrected chi connectivity index (χ2v) is 5.72. The average Bonchev–Trinajstić information content (AvgIpc) is 1.99. The zero-order valence-corrected chi connectivity index (χ0v) is 11.0. The zero-order chi connectivity index (χ0) is 12.8. The van der Waals surface area contributed by atoms with Gasteiger partial charge in [0, 0.05) is 6.42 Å². The lowest BCUT2D eigenvalue weighted by molar-refractivity contribution is -0.117. The largest absolute Gasteiger partial charge is 0.390 e. The van der Waals surface area contributed by atoms with Crippen molar-refractivity contribution in [1.82, 2.24) is 0 Å². The molecule has 0 fully saturated rings. The fraction of sp³-hybridized carbons (Fsp3) is 0.923. The van der Waals surface area contributed by atoms with Crippen molar-refractivity contribution in [2.24, 2.45) is 0 Å². The first-order valence-electron chi connectivity index (χ1n) is 6.07. The molecule has 0 aromatic rings. The lowest BCUT2D eigenvalue weighted by atomic mass is 9.90. The molecule has 3 nitrogen and oxygen atoms in total. The van der Waals surface area contributed by atoms with Crippen LogP contribution in [0.3, 0.4) is 0 Å². The Kier molecular flexibility index (Phi) is 6.19. The molecular weight excluding hydrogens is 204 g/mol. The van der Waals surface area contributed by atoms with E-state index in [2.05, 4.69) is 0 Å². The molecule has 0 heterocycles.